The minimum Gasteiger partial charge on any atom is -0.469 e. The summed E-state index contributed by atoms with van der Waals surface area (Å²) in [5, 5.41) is 8.90. The molecule has 0 aliphatic carbocycles. The van der Waals surface area contributed by atoms with Crippen LogP contribution in [0.3, 0.4) is 0 Å². The van der Waals surface area contributed by atoms with Gasteiger partial charge in [-0.1, -0.05) is 68.4 Å². The zero-order chi connectivity index (χ0) is 18.6. The summed E-state index contributed by atoms with van der Waals surface area (Å²) in [5.74, 6) is -0.185. The zero-order valence-electron chi connectivity index (χ0n) is 15.7. The van der Waals surface area contributed by atoms with Crippen molar-refractivity contribution in [3.63, 3.8) is 0 Å². The van der Waals surface area contributed by atoms with Crippen molar-refractivity contribution in [2.75, 3.05) is 7.11 Å². The minimum absolute atomic E-state index is 0.185. The van der Waals surface area contributed by atoms with Gasteiger partial charge in [-0.25, -0.2) is 4.89 Å². The number of carbonyl (C=O) groups excluding carboxylic acids is 1. The molecule has 0 fully saturated rings. The molecule has 0 spiro atoms. The first kappa shape index (κ1) is 23.4. The molecule has 0 unspecified atom stereocenters. The molecular formula is C21H34O4. The van der Waals surface area contributed by atoms with Crippen LogP contribution in [0.15, 0.2) is 48.6 Å². The van der Waals surface area contributed by atoms with E-state index in [1.165, 1.54) is 26.4 Å². The Balaban J connectivity index is 3.82. The summed E-state index contributed by atoms with van der Waals surface area (Å²) in [6.07, 6.45) is 24.2. The second kappa shape index (κ2) is 18.7. The second-order valence-corrected chi connectivity index (χ2v) is 5.84. The molecule has 0 saturated carbocycles. The lowest BCUT2D eigenvalue weighted by Crippen LogP contribution is -2.05. The third kappa shape index (κ3) is 17.0. The van der Waals surface area contributed by atoms with E-state index in [9.17, 15) is 4.79 Å². The summed E-state index contributed by atoms with van der Waals surface area (Å²) in [6, 6.07) is 0. The Kier molecular flexibility index (Phi) is 17.5. The number of hydrogen-bond acceptors (Lipinski definition) is 4. The average Bonchev–Trinajstić information content (AvgIpc) is 2.63. The van der Waals surface area contributed by atoms with Crippen molar-refractivity contribution in [2.24, 2.45) is 0 Å². The van der Waals surface area contributed by atoms with E-state index in [0.717, 1.165) is 25.7 Å². The molecule has 0 aromatic carbocycles. The van der Waals surface area contributed by atoms with Crippen LogP contribution in [0, 0.1) is 0 Å². The van der Waals surface area contributed by atoms with Crippen LogP contribution in [0.5, 0.6) is 0 Å². The van der Waals surface area contributed by atoms with Crippen LogP contribution in [0.1, 0.15) is 64.7 Å². The molecular weight excluding hydrogens is 316 g/mol. The third-order valence-electron chi connectivity index (χ3n) is 3.64. The van der Waals surface area contributed by atoms with Gasteiger partial charge in [-0.05, 0) is 38.5 Å². The predicted molar refractivity (Wildman–Crippen MR) is 103 cm³/mol. The first-order valence-corrected chi connectivity index (χ1v) is 9.24. The summed E-state index contributed by atoms with van der Waals surface area (Å²) >= 11 is 0. The van der Waals surface area contributed by atoms with Gasteiger partial charge in [0.1, 0.15) is 6.10 Å². The number of hydrogen-bond donors (Lipinski definition) is 1. The normalized spacial score (nSPS) is 13.6. The molecule has 0 bridgehead atoms. The Labute approximate surface area is 152 Å². The van der Waals surface area contributed by atoms with Crippen molar-refractivity contribution >= 4 is 5.97 Å². The average molecular weight is 350 g/mol. The first-order valence-electron chi connectivity index (χ1n) is 9.24. The summed E-state index contributed by atoms with van der Waals surface area (Å²) in [4.78, 5) is 15.4. The largest absolute Gasteiger partial charge is 0.469 e. The second-order valence-electron chi connectivity index (χ2n) is 5.84. The molecule has 0 aliphatic rings. The smallest absolute Gasteiger partial charge is 0.305 e. The Hall–Kier alpha value is -1.65. The highest BCUT2D eigenvalue weighted by Gasteiger charge is 2.00. The molecule has 25 heavy (non-hydrogen) atoms. The van der Waals surface area contributed by atoms with E-state index >= 15 is 0 Å². The molecule has 0 radical (unpaired) electrons. The Morgan fingerprint density at radius 1 is 1.00 bits per heavy atom. The number of ether oxygens (including phenoxy) is 1. The Morgan fingerprint density at radius 3 is 2.48 bits per heavy atom. The highest BCUT2D eigenvalue weighted by atomic mass is 17.1. The number of unbranched alkanes of at least 4 members (excludes halogenated alkanes) is 4. The van der Waals surface area contributed by atoms with Crippen molar-refractivity contribution in [1.29, 1.82) is 0 Å². The number of methoxy groups -OCH3 is 1. The maximum Gasteiger partial charge on any atom is 0.305 e. The van der Waals surface area contributed by atoms with Crippen LogP contribution < -0.4 is 0 Å². The SMILES string of the molecule is CCCCC/C=C\C/C=C\C=C\[C@@H](C/C=C\CCCC(=O)OC)OO. The highest BCUT2D eigenvalue weighted by molar-refractivity contribution is 5.69. The van der Waals surface area contributed by atoms with Crippen LogP contribution in [0.25, 0.3) is 0 Å². The fraction of sp³-hybridized carbons (Fsp3) is 0.571. The molecule has 0 heterocycles. The Morgan fingerprint density at radius 2 is 1.76 bits per heavy atom. The molecule has 1 atom stereocenters. The van der Waals surface area contributed by atoms with Gasteiger partial charge in [0.25, 0.3) is 0 Å². The third-order valence-corrected chi connectivity index (χ3v) is 3.64. The van der Waals surface area contributed by atoms with Gasteiger partial charge in [0.2, 0.25) is 0 Å². The molecule has 0 amide bonds. The molecule has 0 aromatic heterocycles. The standard InChI is InChI=1S/C21H34O4/c1-3-4-5-6-7-8-9-10-11-14-17-20(25-23)18-15-12-13-16-19-21(22)24-2/h7-8,10-12,14-15,17,20,23H,3-6,9,13,16,18-19H2,1-2H3/b8-7-,11-10-,15-12-,17-14+/t20-/m0/s1. The van der Waals surface area contributed by atoms with Crippen LogP contribution >= 0.6 is 0 Å². The van der Waals surface area contributed by atoms with Gasteiger partial charge in [-0.2, -0.15) is 0 Å². The molecule has 0 aliphatic heterocycles. The molecule has 4 heteroatoms. The van der Waals surface area contributed by atoms with Gasteiger partial charge >= 0.3 is 5.97 Å². The molecule has 142 valence electrons. The number of carbonyl (C=O) groups is 1. The quantitative estimate of drug-likeness (QED) is 0.102. The van der Waals surface area contributed by atoms with Gasteiger partial charge in [-0.3, -0.25) is 10.1 Å². The zero-order valence-corrected chi connectivity index (χ0v) is 15.7. The van der Waals surface area contributed by atoms with Gasteiger partial charge in [0.05, 0.1) is 7.11 Å². The van der Waals surface area contributed by atoms with Crippen LogP contribution in [0.2, 0.25) is 0 Å². The molecule has 4 nitrogen and oxygen atoms in total. The lowest BCUT2D eigenvalue weighted by atomic mass is 10.1. The molecule has 1 N–H and O–H groups in total. The maximum atomic E-state index is 11.0. The van der Waals surface area contributed by atoms with Crippen molar-refractivity contribution in [2.45, 2.75) is 70.8 Å². The summed E-state index contributed by atoms with van der Waals surface area (Å²) in [6.45, 7) is 2.21. The first-order chi connectivity index (χ1) is 12.2. The fourth-order valence-electron chi connectivity index (χ4n) is 2.12. The number of allylic oxidation sites excluding steroid dienone is 6. The molecule has 0 aromatic rings. The van der Waals surface area contributed by atoms with Crippen molar-refractivity contribution in [3.8, 4) is 0 Å². The van der Waals surface area contributed by atoms with E-state index in [4.69, 9.17) is 5.26 Å². The van der Waals surface area contributed by atoms with Crippen molar-refractivity contribution < 1.29 is 19.7 Å². The van der Waals surface area contributed by atoms with Crippen molar-refractivity contribution in [3.05, 3.63) is 48.6 Å². The van der Waals surface area contributed by atoms with Crippen LogP contribution in [0.4, 0.5) is 0 Å². The van der Waals surface area contributed by atoms with E-state index in [0.29, 0.717) is 12.8 Å². The van der Waals surface area contributed by atoms with Gasteiger partial charge in [0, 0.05) is 6.42 Å². The van der Waals surface area contributed by atoms with Crippen molar-refractivity contribution in [1.82, 2.24) is 0 Å². The fourth-order valence-corrected chi connectivity index (χ4v) is 2.12. The number of esters is 1. The molecule has 0 saturated heterocycles. The van der Waals surface area contributed by atoms with E-state index in [1.807, 2.05) is 30.4 Å². The topological polar surface area (TPSA) is 55.8 Å². The minimum atomic E-state index is -0.355. The lowest BCUT2D eigenvalue weighted by Gasteiger charge is -2.04. The summed E-state index contributed by atoms with van der Waals surface area (Å²) in [7, 11) is 1.39. The maximum absolute atomic E-state index is 11.0. The van der Waals surface area contributed by atoms with Crippen LogP contribution in [-0.2, 0) is 14.4 Å². The monoisotopic (exact) mass is 350 g/mol. The van der Waals surface area contributed by atoms with E-state index < -0.39 is 0 Å². The van der Waals surface area contributed by atoms with E-state index in [2.05, 4.69) is 34.8 Å². The van der Waals surface area contributed by atoms with Gasteiger partial charge in [-0.15, -0.1) is 0 Å². The lowest BCUT2D eigenvalue weighted by molar-refractivity contribution is -0.264. The predicted octanol–water partition coefficient (Wildman–Crippen LogP) is 5.77. The van der Waals surface area contributed by atoms with E-state index in [-0.39, 0.29) is 12.1 Å². The molecule has 0 rings (SSSR count). The van der Waals surface area contributed by atoms with E-state index in [1.54, 1.807) is 0 Å². The highest BCUT2D eigenvalue weighted by Crippen LogP contribution is 2.04. The Bertz CT molecular complexity index is 422. The number of rotatable bonds is 15. The van der Waals surface area contributed by atoms with Gasteiger partial charge < -0.3 is 4.74 Å². The summed E-state index contributed by atoms with van der Waals surface area (Å²) in [5.41, 5.74) is 0. The summed E-state index contributed by atoms with van der Waals surface area (Å²) < 4.78 is 4.58. The van der Waals surface area contributed by atoms with Gasteiger partial charge in [0.15, 0.2) is 0 Å². The van der Waals surface area contributed by atoms with Crippen LogP contribution in [-0.4, -0.2) is 24.4 Å².